The van der Waals surface area contributed by atoms with Gasteiger partial charge in [-0.05, 0) is 57.7 Å². The Morgan fingerprint density at radius 3 is 2.87 bits per heavy atom. The molecule has 0 amide bonds. The van der Waals surface area contributed by atoms with E-state index in [4.69, 9.17) is 0 Å². The largest absolute Gasteiger partial charge is 0.316 e. The Balaban J connectivity index is 1.79. The Labute approximate surface area is 94.4 Å². The lowest BCUT2D eigenvalue weighted by Gasteiger charge is -2.38. The van der Waals surface area contributed by atoms with Gasteiger partial charge in [0.05, 0.1) is 0 Å². The Morgan fingerprint density at radius 1 is 1.20 bits per heavy atom. The van der Waals surface area contributed by atoms with Gasteiger partial charge in [-0.25, -0.2) is 0 Å². The van der Waals surface area contributed by atoms with Crippen LogP contribution in [0.15, 0.2) is 0 Å². The Kier molecular flexibility index (Phi) is 4.45. The first-order valence-corrected chi connectivity index (χ1v) is 6.85. The molecule has 15 heavy (non-hydrogen) atoms. The Hall–Kier alpha value is -0.0800. The molecule has 1 N–H and O–H groups in total. The molecule has 2 heteroatoms. The Morgan fingerprint density at radius 2 is 2.13 bits per heavy atom. The van der Waals surface area contributed by atoms with E-state index in [9.17, 15) is 0 Å². The average molecular weight is 210 g/mol. The van der Waals surface area contributed by atoms with E-state index in [0.29, 0.717) is 0 Å². The van der Waals surface area contributed by atoms with Gasteiger partial charge in [0.15, 0.2) is 0 Å². The molecular weight excluding hydrogens is 184 g/mol. The van der Waals surface area contributed by atoms with Gasteiger partial charge in [0.1, 0.15) is 0 Å². The third-order valence-corrected chi connectivity index (χ3v) is 4.11. The summed E-state index contributed by atoms with van der Waals surface area (Å²) in [5.41, 5.74) is 0. The topological polar surface area (TPSA) is 15.3 Å². The van der Waals surface area contributed by atoms with E-state index in [0.717, 1.165) is 12.0 Å². The smallest absolute Gasteiger partial charge is 0.00927 e. The second kappa shape index (κ2) is 5.86. The molecule has 2 saturated heterocycles. The molecule has 0 bridgehead atoms. The van der Waals surface area contributed by atoms with Crippen LogP contribution in [0.2, 0.25) is 0 Å². The standard InChI is InChI=1S/C13H26N2/c1-2-13-7-3-4-9-15(13)11-12-6-5-8-14-10-12/h12-14H,2-11H2,1H3/t12-,13-/m0/s1. The van der Waals surface area contributed by atoms with Gasteiger partial charge < -0.3 is 10.2 Å². The van der Waals surface area contributed by atoms with Gasteiger partial charge >= 0.3 is 0 Å². The van der Waals surface area contributed by atoms with Crippen molar-refractivity contribution in [3.63, 3.8) is 0 Å². The van der Waals surface area contributed by atoms with Gasteiger partial charge in [-0.3, -0.25) is 0 Å². The summed E-state index contributed by atoms with van der Waals surface area (Å²) < 4.78 is 0. The van der Waals surface area contributed by atoms with Gasteiger partial charge in [0.25, 0.3) is 0 Å². The fourth-order valence-corrected chi connectivity index (χ4v) is 3.17. The lowest BCUT2D eigenvalue weighted by atomic mass is 9.94. The number of hydrogen-bond donors (Lipinski definition) is 1. The van der Waals surface area contributed by atoms with Crippen LogP contribution in [0.4, 0.5) is 0 Å². The van der Waals surface area contributed by atoms with Crippen molar-refractivity contribution in [2.45, 2.75) is 51.5 Å². The molecule has 2 atom stereocenters. The van der Waals surface area contributed by atoms with Crippen LogP contribution < -0.4 is 5.32 Å². The highest BCUT2D eigenvalue weighted by Gasteiger charge is 2.24. The zero-order valence-electron chi connectivity index (χ0n) is 10.2. The van der Waals surface area contributed by atoms with Crippen LogP contribution in [0.3, 0.4) is 0 Å². The lowest BCUT2D eigenvalue weighted by Crippen LogP contribution is -2.45. The van der Waals surface area contributed by atoms with Crippen molar-refractivity contribution >= 4 is 0 Å². The monoisotopic (exact) mass is 210 g/mol. The zero-order valence-corrected chi connectivity index (χ0v) is 10.2. The number of nitrogens with one attached hydrogen (secondary N) is 1. The third-order valence-electron chi connectivity index (χ3n) is 4.11. The first kappa shape index (κ1) is 11.4. The molecule has 0 aliphatic carbocycles. The molecule has 2 fully saturated rings. The van der Waals surface area contributed by atoms with Crippen LogP contribution in [0.25, 0.3) is 0 Å². The SMILES string of the molecule is CC[C@H]1CCCCN1C[C@H]1CCCNC1. The lowest BCUT2D eigenvalue weighted by molar-refractivity contribution is 0.114. The molecular formula is C13H26N2. The van der Waals surface area contributed by atoms with Crippen molar-refractivity contribution in [2.24, 2.45) is 5.92 Å². The molecule has 0 aromatic rings. The first-order chi connectivity index (χ1) is 7.40. The van der Waals surface area contributed by atoms with Crippen molar-refractivity contribution in [1.82, 2.24) is 10.2 Å². The molecule has 2 aliphatic heterocycles. The molecule has 0 aromatic carbocycles. The minimum Gasteiger partial charge on any atom is -0.316 e. The van der Waals surface area contributed by atoms with Crippen LogP contribution in [-0.2, 0) is 0 Å². The average Bonchev–Trinajstić information content (AvgIpc) is 2.31. The molecule has 2 rings (SSSR count). The summed E-state index contributed by atoms with van der Waals surface area (Å²) in [7, 11) is 0. The van der Waals surface area contributed by atoms with Crippen molar-refractivity contribution in [1.29, 1.82) is 0 Å². The number of hydrogen-bond acceptors (Lipinski definition) is 2. The molecule has 88 valence electrons. The van der Waals surface area contributed by atoms with Crippen LogP contribution >= 0.6 is 0 Å². The number of nitrogens with zero attached hydrogens (tertiary/aromatic N) is 1. The highest BCUT2D eigenvalue weighted by molar-refractivity contribution is 4.80. The Bertz CT molecular complexity index is 175. The van der Waals surface area contributed by atoms with Gasteiger partial charge in [-0.1, -0.05) is 13.3 Å². The van der Waals surface area contributed by atoms with Crippen LogP contribution in [-0.4, -0.2) is 37.1 Å². The highest BCUT2D eigenvalue weighted by atomic mass is 15.2. The number of likely N-dealkylation sites (tertiary alicyclic amines) is 1. The van der Waals surface area contributed by atoms with Crippen LogP contribution in [0.1, 0.15) is 45.4 Å². The van der Waals surface area contributed by atoms with E-state index in [-0.39, 0.29) is 0 Å². The van der Waals surface area contributed by atoms with Gasteiger partial charge in [0.2, 0.25) is 0 Å². The second-order valence-corrected chi connectivity index (χ2v) is 5.27. The summed E-state index contributed by atoms with van der Waals surface area (Å²) in [4.78, 5) is 2.77. The normalized spacial score (nSPS) is 34.2. The fraction of sp³-hybridized carbons (Fsp3) is 1.00. The van der Waals surface area contributed by atoms with Crippen molar-refractivity contribution in [3.8, 4) is 0 Å². The maximum absolute atomic E-state index is 3.53. The van der Waals surface area contributed by atoms with E-state index in [1.165, 1.54) is 64.7 Å². The van der Waals surface area contributed by atoms with Crippen molar-refractivity contribution < 1.29 is 0 Å². The molecule has 2 nitrogen and oxygen atoms in total. The highest BCUT2D eigenvalue weighted by Crippen LogP contribution is 2.22. The molecule has 2 aliphatic rings. The van der Waals surface area contributed by atoms with Crippen molar-refractivity contribution in [3.05, 3.63) is 0 Å². The second-order valence-electron chi connectivity index (χ2n) is 5.27. The number of rotatable bonds is 3. The van der Waals surface area contributed by atoms with Gasteiger partial charge in [-0.15, -0.1) is 0 Å². The predicted molar refractivity (Wildman–Crippen MR) is 65.1 cm³/mol. The van der Waals surface area contributed by atoms with E-state index in [1.54, 1.807) is 0 Å². The van der Waals surface area contributed by atoms with E-state index in [1.807, 2.05) is 0 Å². The molecule has 2 heterocycles. The summed E-state index contributed by atoms with van der Waals surface area (Å²) in [6.45, 7) is 7.56. The maximum Gasteiger partial charge on any atom is 0.00927 e. The van der Waals surface area contributed by atoms with Gasteiger partial charge in [-0.2, -0.15) is 0 Å². The summed E-state index contributed by atoms with van der Waals surface area (Å²) in [6.07, 6.45) is 8.50. The molecule has 0 saturated carbocycles. The van der Waals surface area contributed by atoms with Crippen LogP contribution in [0, 0.1) is 5.92 Å². The summed E-state index contributed by atoms with van der Waals surface area (Å²) in [5, 5.41) is 3.53. The summed E-state index contributed by atoms with van der Waals surface area (Å²) in [5.74, 6) is 0.922. The molecule has 0 unspecified atom stereocenters. The zero-order chi connectivity index (χ0) is 10.5. The number of piperidine rings is 2. The van der Waals surface area contributed by atoms with E-state index >= 15 is 0 Å². The van der Waals surface area contributed by atoms with E-state index in [2.05, 4.69) is 17.1 Å². The van der Waals surface area contributed by atoms with Crippen LogP contribution in [0.5, 0.6) is 0 Å². The van der Waals surface area contributed by atoms with E-state index < -0.39 is 0 Å². The maximum atomic E-state index is 3.53. The quantitative estimate of drug-likeness (QED) is 0.768. The van der Waals surface area contributed by atoms with Crippen molar-refractivity contribution in [2.75, 3.05) is 26.2 Å². The summed E-state index contributed by atoms with van der Waals surface area (Å²) in [6, 6.07) is 0.890. The molecule has 0 aromatic heterocycles. The van der Waals surface area contributed by atoms with Gasteiger partial charge in [0, 0.05) is 12.6 Å². The third kappa shape index (κ3) is 3.18. The minimum absolute atomic E-state index is 0.890. The first-order valence-electron chi connectivity index (χ1n) is 6.85. The summed E-state index contributed by atoms with van der Waals surface area (Å²) >= 11 is 0. The predicted octanol–water partition coefficient (Wildman–Crippen LogP) is 2.25. The molecule has 0 spiro atoms. The minimum atomic E-state index is 0.890. The molecule has 0 radical (unpaired) electrons. The fourth-order valence-electron chi connectivity index (χ4n) is 3.17.